The van der Waals surface area contributed by atoms with Crippen molar-refractivity contribution in [1.82, 2.24) is 0 Å². The molecule has 1 aromatic heterocycles. The van der Waals surface area contributed by atoms with Crippen LogP contribution in [0.3, 0.4) is 0 Å². The Kier molecular flexibility index (Phi) is 3.63. The summed E-state index contributed by atoms with van der Waals surface area (Å²) in [5.74, 6) is -0.963. The van der Waals surface area contributed by atoms with E-state index in [0.717, 1.165) is 19.6 Å². The topological polar surface area (TPSA) is 63.3 Å². The van der Waals surface area contributed by atoms with Crippen LogP contribution in [0.4, 0.5) is 5.69 Å². The number of carboxylic acids is 1. The smallest absolute Gasteiger partial charge is 0.348 e. The van der Waals surface area contributed by atoms with Crippen molar-refractivity contribution < 1.29 is 9.90 Å². The second-order valence-corrected chi connectivity index (χ2v) is 6.14. The van der Waals surface area contributed by atoms with Gasteiger partial charge in [0.2, 0.25) is 0 Å². The Hall–Kier alpha value is -1.08. The minimum absolute atomic E-state index is 0.222. The number of halogens is 1. The third kappa shape index (κ3) is 2.12. The van der Waals surface area contributed by atoms with Crippen LogP contribution >= 0.6 is 33.9 Å². The normalized spacial score (nSPS) is 10.6. The molecule has 0 amide bonds. The average molecular weight is 373 g/mol. The molecule has 3 nitrogen and oxygen atoms in total. The number of benzene rings is 1. The number of aromatic carboxylic acids is 1. The second-order valence-electron chi connectivity index (χ2n) is 4.04. The maximum Gasteiger partial charge on any atom is 0.348 e. The lowest BCUT2D eigenvalue weighted by Crippen LogP contribution is -1.97. The molecule has 1 aromatic carbocycles. The van der Waals surface area contributed by atoms with Gasteiger partial charge in [-0.2, -0.15) is 0 Å². The maximum absolute atomic E-state index is 11.1. The number of aryl methyl sites for hydroxylation is 1. The Morgan fingerprint density at radius 3 is 2.61 bits per heavy atom. The molecule has 0 unspecified atom stereocenters. The third-order valence-corrected chi connectivity index (χ3v) is 5.58. The highest BCUT2D eigenvalue weighted by molar-refractivity contribution is 14.1. The number of hydrogen-bond donors (Lipinski definition) is 2. The van der Waals surface area contributed by atoms with Crippen LogP contribution in [0.2, 0.25) is 0 Å². The molecule has 5 heteroatoms. The molecule has 0 aliphatic carbocycles. The predicted molar refractivity (Wildman–Crippen MR) is 83.3 cm³/mol. The molecule has 0 radical (unpaired) electrons. The van der Waals surface area contributed by atoms with Crippen molar-refractivity contribution in [3.05, 3.63) is 37.8 Å². The molecule has 0 saturated carbocycles. The van der Waals surface area contributed by atoms with E-state index in [0.29, 0.717) is 5.69 Å². The summed E-state index contributed by atoms with van der Waals surface area (Å²) < 4.78 is 1.14. The van der Waals surface area contributed by atoms with Gasteiger partial charge in [0, 0.05) is 14.0 Å². The van der Waals surface area contributed by atoms with Gasteiger partial charge in [-0.3, -0.25) is 0 Å². The Labute approximate surface area is 123 Å². The monoisotopic (exact) mass is 373 g/mol. The van der Waals surface area contributed by atoms with Gasteiger partial charge in [0.05, 0.1) is 5.69 Å². The van der Waals surface area contributed by atoms with Crippen LogP contribution < -0.4 is 5.73 Å². The molecule has 0 spiro atoms. The standard InChI is InChI=1S/C13H12INO2S/c1-6-4-3-5-8(9(6)14)11-7(2)10(15)12(18-11)13(16)17/h3-5H,15H2,1-2H3,(H,16,17). The molecule has 0 saturated heterocycles. The summed E-state index contributed by atoms with van der Waals surface area (Å²) in [7, 11) is 0. The van der Waals surface area contributed by atoms with E-state index >= 15 is 0 Å². The first-order valence-corrected chi connectivity index (χ1v) is 7.20. The molecule has 0 aliphatic rings. The number of anilines is 1. The fourth-order valence-corrected chi connectivity index (χ4v) is 3.67. The summed E-state index contributed by atoms with van der Waals surface area (Å²) in [5, 5.41) is 9.10. The zero-order valence-corrected chi connectivity index (χ0v) is 12.9. The van der Waals surface area contributed by atoms with Gasteiger partial charge < -0.3 is 10.8 Å². The molecule has 2 rings (SSSR count). The Balaban J connectivity index is 2.69. The van der Waals surface area contributed by atoms with E-state index in [4.69, 9.17) is 10.8 Å². The van der Waals surface area contributed by atoms with Crippen LogP contribution in [-0.2, 0) is 0 Å². The highest BCUT2D eigenvalue weighted by atomic mass is 127. The molecular formula is C13H12INO2S. The summed E-state index contributed by atoms with van der Waals surface area (Å²) in [6, 6.07) is 6.01. The summed E-state index contributed by atoms with van der Waals surface area (Å²) in [4.78, 5) is 12.3. The third-order valence-electron chi connectivity index (χ3n) is 2.82. The van der Waals surface area contributed by atoms with Crippen molar-refractivity contribution in [2.45, 2.75) is 13.8 Å². The largest absolute Gasteiger partial charge is 0.477 e. The van der Waals surface area contributed by atoms with Crippen molar-refractivity contribution in [2.75, 3.05) is 5.73 Å². The SMILES string of the molecule is Cc1cccc(-c2sc(C(=O)O)c(N)c2C)c1I. The van der Waals surface area contributed by atoms with E-state index in [9.17, 15) is 4.79 Å². The Morgan fingerprint density at radius 2 is 2.06 bits per heavy atom. The van der Waals surface area contributed by atoms with Gasteiger partial charge >= 0.3 is 5.97 Å². The summed E-state index contributed by atoms with van der Waals surface area (Å²) in [5.41, 5.74) is 9.31. The van der Waals surface area contributed by atoms with Crippen LogP contribution in [0.5, 0.6) is 0 Å². The van der Waals surface area contributed by atoms with Gasteiger partial charge in [0.25, 0.3) is 0 Å². The van der Waals surface area contributed by atoms with Crippen LogP contribution in [-0.4, -0.2) is 11.1 Å². The molecule has 18 heavy (non-hydrogen) atoms. The zero-order chi connectivity index (χ0) is 13.4. The van der Waals surface area contributed by atoms with Gasteiger partial charge in [0.1, 0.15) is 4.88 Å². The highest BCUT2D eigenvalue weighted by Gasteiger charge is 2.20. The van der Waals surface area contributed by atoms with Crippen LogP contribution in [0, 0.1) is 17.4 Å². The lowest BCUT2D eigenvalue weighted by Gasteiger charge is -2.06. The van der Waals surface area contributed by atoms with E-state index in [1.54, 1.807) is 0 Å². The van der Waals surface area contributed by atoms with E-state index in [1.807, 2.05) is 32.0 Å². The average Bonchev–Trinajstić information content (AvgIpc) is 2.61. The Morgan fingerprint density at radius 1 is 1.39 bits per heavy atom. The minimum atomic E-state index is -0.963. The molecule has 0 atom stereocenters. The molecule has 0 fully saturated rings. The van der Waals surface area contributed by atoms with Crippen molar-refractivity contribution in [3.8, 4) is 10.4 Å². The maximum atomic E-state index is 11.1. The van der Waals surface area contributed by atoms with E-state index in [2.05, 4.69) is 22.6 Å². The molecule has 2 aromatic rings. The van der Waals surface area contributed by atoms with Crippen molar-refractivity contribution in [2.24, 2.45) is 0 Å². The zero-order valence-electron chi connectivity index (χ0n) is 9.95. The van der Waals surface area contributed by atoms with Gasteiger partial charge in [-0.05, 0) is 47.6 Å². The Bertz CT molecular complexity index is 634. The first-order chi connectivity index (χ1) is 8.43. The number of carbonyl (C=O) groups is 1. The number of nitrogens with two attached hydrogens (primary N) is 1. The number of nitrogen functional groups attached to an aromatic ring is 1. The summed E-state index contributed by atoms with van der Waals surface area (Å²) in [6.07, 6.45) is 0. The fraction of sp³-hybridized carbons (Fsp3) is 0.154. The first kappa shape index (κ1) is 13.4. The molecule has 0 bridgehead atoms. The second kappa shape index (κ2) is 4.89. The predicted octanol–water partition coefficient (Wildman–Crippen LogP) is 3.92. The number of thiophene rings is 1. The quantitative estimate of drug-likeness (QED) is 0.785. The minimum Gasteiger partial charge on any atom is -0.477 e. The van der Waals surface area contributed by atoms with Gasteiger partial charge in [-0.15, -0.1) is 11.3 Å². The summed E-state index contributed by atoms with van der Waals surface area (Å²) in [6.45, 7) is 3.90. The molecular weight excluding hydrogens is 361 g/mol. The van der Waals surface area contributed by atoms with Crippen LogP contribution in [0.15, 0.2) is 18.2 Å². The van der Waals surface area contributed by atoms with Crippen LogP contribution in [0.1, 0.15) is 20.8 Å². The number of hydrogen-bond acceptors (Lipinski definition) is 3. The molecule has 0 aliphatic heterocycles. The molecule has 3 N–H and O–H groups in total. The van der Waals surface area contributed by atoms with Crippen molar-refractivity contribution >= 4 is 45.6 Å². The van der Waals surface area contributed by atoms with E-state index in [1.165, 1.54) is 16.9 Å². The summed E-state index contributed by atoms with van der Waals surface area (Å²) >= 11 is 3.52. The lowest BCUT2D eigenvalue weighted by atomic mass is 10.1. The van der Waals surface area contributed by atoms with Crippen molar-refractivity contribution in [1.29, 1.82) is 0 Å². The van der Waals surface area contributed by atoms with Gasteiger partial charge in [-0.1, -0.05) is 18.2 Å². The van der Waals surface area contributed by atoms with E-state index in [-0.39, 0.29) is 4.88 Å². The van der Waals surface area contributed by atoms with Gasteiger partial charge in [0.15, 0.2) is 0 Å². The van der Waals surface area contributed by atoms with Crippen molar-refractivity contribution in [3.63, 3.8) is 0 Å². The first-order valence-electron chi connectivity index (χ1n) is 5.31. The van der Waals surface area contributed by atoms with E-state index < -0.39 is 5.97 Å². The lowest BCUT2D eigenvalue weighted by molar-refractivity contribution is 0.0703. The highest BCUT2D eigenvalue weighted by Crippen LogP contribution is 2.40. The van der Waals surface area contributed by atoms with Crippen LogP contribution in [0.25, 0.3) is 10.4 Å². The number of rotatable bonds is 2. The van der Waals surface area contributed by atoms with Gasteiger partial charge in [-0.25, -0.2) is 4.79 Å². The fourth-order valence-electron chi connectivity index (χ4n) is 1.76. The number of carboxylic acid groups (broad SMARTS) is 1. The molecule has 1 heterocycles. The molecule has 94 valence electrons.